The minimum atomic E-state index is -4.19. The highest BCUT2D eigenvalue weighted by Gasteiger charge is 2.22. The molecule has 0 radical (unpaired) electrons. The average molecular weight is 479 g/mol. The van der Waals surface area contributed by atoms with Gasteiger partial charge in [-0.2, -0.15) is 16.8 Å². The molecule has 0 heterocycles. The molecule has 0 fully saturated rings. The first-order chi connectivity index (χ1) is 14.5. The van der Waals surface area contributed by atoms with E-state index < -0.39 is 33.9 Å². The number of rotatable bonds is 7. The molecule has 9 heteroatoms. The minimum Gasteiger partial charge on any atom is -0.285 e. The van der Waals surface area contributed by atoms with Gasteiger partial charge in [-0.25, -0.2) is 0 Å². The van der Waals surface area contributed by atoms with Crippen LogP contribution in [-0.4, -0.2) is 28.5 Å². The molecule has 31 heavy (non-hydrogen) atoms. The van der Waals surface area contributed by atoms with Crippen LogP contribution in [0.5, 0.6) is 0 Å². The number of hydrogen-bond acceptors (Lipinski definition) is 5. The van der Waals surface area contributed by atoms with Gasteiger partial charge in [0.1, 0.15) is 5.75 Å². The Morgan fingerprint density at radius 2 is 1.52 bits per heavy atom. The Labute approximate surface area is 184 Å². The SMILES string of the molecule is COS(=O)(=O)c1cccc(P(c2cccc(C)c2)c2cc(CS(=O)(=O)O)ccc2C)c1. The van der Waals surface area contributed by atoms with Crippen LogP contribution in [-0.2, 0) is 30.2 Å². The average Bonchev–Trinajstić information content (AvgIpc) is 2.70. The quantitative estimate of drug-likeness (QED) is 0.319. The largest absolute Gasteiger partial charge is 0.296 e. The first-order valence-electron chi connectivity index (χ1n) is 9.32. The van der Waals surface area contributed by atoms with Gasteiger partial charge in [0.05, 0.1) is 12.0 Å². The Morgan fingerprint density at radius 3 is 2.13 bits per heavy atom. The van der Waals surface area contributed by atoms with E-state index in [1.165, 1.54) is 6.07 Å². The molecule has 0 saturated carbocycles. The molecule has 3 rings (SSSR count). The molecule has 3 aromatic rings. The summed E-state index contributed by atoms with van der Waals surface area (Å²) in [5.41, 5.74) is 2.45. The second-order valence-corrected chi connectivity index (χ2v) is 12.5. The van der Waals surface area contributed by atoms with Gasteiger partial charge in [0, 0.05) is 0 Å². The lowest BCUT2D eigenvalue weighted by molar-refractivity contribution is 0.398. The van der Waals surface area contributed by atoms with Crippen molar-refractivity contribution in [3.8, 4) is 0 Å². The first kappa shape index (κ1) is 23.6. The summed E-state index contributed by atoms with van der Waals surface area (Å²) in [4.78, 5) is 0.0550. The molecule has 3 aromatic carbocycles. The van der Waals surface area contributed by atoms with Crippen LogP contribution in [0.4, 0.5) is 0 Å². The van der Waals surface area contributed by atoms with Crippen molar-refractivity contribution in [3.05, 3.63) is 83.4 Å². The second-order valence-electron chi connectivity index (χ2n) is 7.14. The third-order valence-electron chi connectivity index (χ3n) is 4.71. The molecule has 1 atom stereocenters. The normalized spacial score (nSPS) is 13.2. The highest BCUT2D eigenvalue weighted by atomic mass is 32.2. The molecule has 0 aliphatic carbocycles. The molecule has 1 unspecified atom stereocenters. The Bertz CT molecular complexity index is 1320. The van der Waals surface area contributed by atoms with Crippen molar-refractivity contribution >= 4 is 44.1 Å². The lowest BCUT2D eigenvalue weighted by atomic mass is 10.2. The second kappa shape index (κ2) is 9.18. The van der Waals surface area contributed by atoms with E-state index >= 15 is 0 Å². The summed E-state index contributed by atoms with van der Waals surface area (Å²) in [6, 6.07) is 19.8. The standard InChI is InChI=1S/C22H23O6PS2/c1-16-6-4-7-19(12-16)29(20-8-5-9-21(14-20)31(26,27)28-3)22-13-18(11-10-17(22)2)15-30(23,24)25/h4-14H,15H2,1-3H3,(H,23,24,25). The Hall–Kier alpha value is -2.09. The van der Waals surface area contributed by atoms with Crippen molar-refractivity contribution in [1.82, 2.24) is 0 Å². The van der Waals surface area contributed by atoms with E-state index in [2.05, 4.69) is 4.18 Å². The molecule has 164 valence electrons. The van der Waals surface area contributed by atoms with Gasteiger partial charge in [-0.15, -0.1) is 0 Å². The smallest absolute Gasteiger partial charge is 0.285 e. The minimum absolute atomic E-state index is 0.0550. The molecular weight excluding hydrogens is 455 g/mol. The van der Waals surface area contributed by atoms with Crippen LogP contribution in [0.3, 0.4) is 0 Å². The summed E-state index contributed by atoms with van der Waals surface area (Å²) in [5.74, 6) is -0.491. The van der Waals surface area contributed by atoms with Gasteiger partial charge in [-0.1, -0.05) is 54.1 Å². The number of benzene rings is 3. The Morgan fingerprint density at radius 1 is 0.871 bits per heavy atom. The maximum absolute atomic E-state index is 12.3. The molecule has 0 saturated heterocycles. The molecule has 0 amide bonds. The van der Waals surface area contributed by atoms with Crippen LogP contribution in [0.1, 0.15) is 16.7 Å². The van der Waals surface area contributed by atoms with Gasteiger partial charge in [0.15, 0.2) is 0 Å². The zero-order chi connectivity index (χ0) is 22.8. The molecule has 1 N–H and O–H groups in total. The van der Waals surface area contributed by atoms with Crippen molar-refractivity contribution in [2.75, 3.05) is 7.11 Å². The molecule has 0 aromatic heterocycles. The van der Waals surface area contributed by atoms with Gasteiger partial charge in [-0.05, 0) is 67.0 Å². The maximum atomic E-state index is 12.3. The molecule has 0 bridgehead atoms. The number of hydrogen-bond donors (Lipinski definition) is 1. The van der Waals surface area contributed by atoms with E-state index in [9.17, 15) is 21.4 Å². The highest BCUT2D eigenvalue weighted by molar-refractivity contribution is 7.87. The first-order valence-corrected chi connectivity index (χ1v) is 13.7. The Kier molecular flexibility index (Phi) is 6.98. The van der Waals surface area contributed by atoms with Gasteiger partial charge in [0.25, 0.3) is 20.2 Å². The van der Waals surface area contributed by atoms with E-state index in [-0.39, 0.29) is 4.90 Å². The predicted molar refractivity (Wildman–Crippen MR) is 124 cm³/mol. The predicted octanol–water partition coefficient (Wildman–Crippen LogP) is 2.78. The van der Waals surface area contributed by atoms with Gasteiger partial charge in [-0.3, -0.25) is 8.74 Å². The fourth-order valence-corrected chi connectivity index (χ4v) is 7.31. The summed E-state index contributed by atoms with van der Waals surface area (Å²) < 4.78 is 61.3. The third kappa shape index (κ3) is 5.79. The molecular formula is C22H23O6PS2. The zero-order valence-electron chi connectivity index (χ0n) is 17.3. The van der Waals surface area contributed by atoms with E-state index in [4.69, 9.17) is 0 Å². The van der Waals surface area contributed by atoms with E-state index in [1.54, 1.807) is 24.3 Å². The lowest BCUT2D eigenvalue weighted by Crippen LogP contribution is -2.24. The van der Waals surface area contributed by atoms with Crippen LogP contribution in [0, 0.1) is 13.8 Å². The van der Waals surface area contributed by atoms with E-state index in [0.29, 0.717) is 5.56 Å². The van der Waals surface area contributed by atoms with E-state index in [0.717, 1.165) is 34.2 Å². The Balaban J connectivity index is 2.25. The van der Waals surface area contributed by atoms with Gasteiger partial charge < -0.3 is 0 Å². The van der Waals surface area contributed by atoms with E-state index in [1.807, 2.05) is 50.2 Å². The zero-order valence-corrected chi connectivity index (χ0v) is 19.8. The van der Waals surface area contributed by atoms with Crippen LogP contribution < -0.4 is 15.9 Å². The molecule has 0 aliphatic heterocycles. The topological polar surface area (TPSA) is 97.7 Å². The van der Waals surface area contributed by atoms with Crippen molar-refractivity contribution in [3.63, 3.8) is 0 Å². The summed E-state index contributed by atoms with van der Waals surface area (Å²) in [6.45, 7) is 3.90. The summed E-state index contributed by atoms with van der Waals surface area (Å²) >= 11 is 0. The van der Waals surface area contributed by atoms with Crippen LogP contribution in [0.25, 0.3) is 0 Å². The molecule has 6 nitrogen and oxygen atoms in total. The van der Waals surface area contributed by atoms with Gasteiger partial charge in [0.2, 0.25) is 0 Å². The van der Waals surface area contributed by atoms with Crippen LogP contribution >= 0.6 is 7.92 Å². The van der Waals surface area contributed by atoms with Crippen LogP contribution in [0.2, 0.25) is 0 Å². The molecule has 0 aliphatic rings. The van der Waals surface area contributed by atoms with Crippen molar-refractivity contribution < 1.29 is 25.6 Å². The summed E-state index contributed by atoms with van der Waals surface area (Å²) in [7, 11) is -8.14. The fraction of sp³-hybridized carbons (Fsp3) is 0.182. The van der Waals surface area contributed by atoms with Crippen LogP contribution in [0.15, 0.2) is 71.6 Å². The summed E-state index contributed by atoms with van der Waals surface area (Å²) in [5, 5.41) is 2.66. The van der Waals surface area contributed by atoms with Crippen molar-refractivity contribution in [2.45, 2.75) is 24.5 Å². The van der Waals surface area contributed by atoms with Gasteiger partial charge >= 0.3 is 0 Å². The van der Waals surface area contributed by atoms with Crippen molar-refractivity contribution in [2.24, 2.45) is 0 Å². The number of aryl methyl sites for hydroxylation is 2. The lowest BCUT2D eigenvalue weighted by Gasteiger charge is -2.23. The monoisotopic (exact) mass is 478 g/mol. The van der Waals surface area contributed by atoms with Crippen molar-refractivity contribution in [1.29, 1.82) is 0 Å². The third-order valence-corrected chi connectivity index (χ3v) is 9.23. The maximum Gasteiger partial charge on any atom is 0.296 e. The molecule has 0 spiro atoms. The highest BCUT2D eigenvalue weighted by Crippen LogP contribution is 2.35. The summed E-state index contributed by atoms with van der Waals surface area (Å²) in [6.07, 6.45) is 0. The fourth-order valence-electron chi connectivity index (χ4n) is 3.26.